The molecule has 0 amide bonds. The summed E-state index contributed by atoms with van der Waals surface area (Å²) in [7, 11) is 1.33. The van der Waals surface area contributed by atoms with Gasteiger partial charge >= 0.3 is 5.97 Å². The van der Waals surface area contributed by atoms with Crippen molar-refractivity contribution < 1.29 is 18.4 Å². The number of nitrogens with zero attached hydrogens (tertiary/aromatic N) is 2. The van der Waals surface area contributed by atoms with Crippen molar-refractivity contribution in [2.24, 2.45) is 0 Å². The Morgan fingerprint density at radius 3 is 2.44 bits per heavy atom. The third-order valence-corrected chi connectivity index (χ3v) is 4.30. The summed E-state index contributed by atoms with van der Waals surface area (Å²) in [6.07, 6.45) is 1.81. The molecule has 0 bridgehead atoms. The van der Waals surface area contributed by atoms with Gasteiger partial charge in [-0.1, -0.05) is 12.1 Å². The zero-order valence-electron chi connectivity index (χ0n) is 14.2. The largest absolute Gasteiger partial charge is 0.465 e. The van der Waals surface area contributed by atoms with Gasteiger partial charge in [-0.15, -0.1) is 0 Å². The number of oxazole rings is 2. The minimum Gasteiger partial charge on any atom is -0.465 e. The Labute approximate surface area is 152 Å². The van der Waals surface area contributed by atoms with Gasteiger partial charge < -0.3 is 18.6 Å². The number of rotatable bonds is 3. The maximum Gasteiger partial charge on any atom is 0.340 e. The van der Waals surface area contributed by atoms with Crippen molar-refractivity contribution in [3.63, 3.8) is 0 Å². The predicted octanol–water partition coefficient (Wildman–Crippen LogP) is 4.42. The van der Waals surface area contributed by atoms with Gasteiger partial charge in [0.2, 0.25) is 11.8 Å². The van der Waals surface area contributed by atoms with Crippen LogP contribution < -0.4 is 0 Å². The fraction of sp³-hybridized carbons (Fsp3) is 0.0500. The predicted molar refractivity (Wildman–Crippen MR) is 98.1 cm³/mol. The molecule has 0 aliphatic heterocycles. The second-order valence-electron chi connectivity index (χ2n) is 5.92. The number of aromatic nitrogens is 3. The molecule has 0 atom stereocenters. The number of hydrogen-bond donors (Lipinski definition) is 1. The molecule has 0 radical (unpaired) electrons. The molecule has 5 aromatic rings. The van der Waals surface area contributed by atoms with E-state index in [-0.39, 0.29) is 0 Å². The first kappa shape index (κ1) is 15.4. The summed E-state index contributed by atoms with van der Waals surface area (Å²) in [4.78, 5) is 24.2. The van der Waals surface area contributed by atoms with Crippen LogP contribution in [0.3, 0.4) is 0 Å². The van der Waals surface area contributed by atoms with Gasteiger partial charge in [-0.25, -0.2) is 14.8 Å². The van der Waals surface area contributed by atoms with Gasteiger partial charge in [-0.05, 0) is 36.4 Å². The number of benzene rings is 2. The first-order valence-corrected chi connectivity index (χ1v) is 8.26. The molecule has 0 fully saturated rings. The molecule has 0 aliphatic rings. The Morgan fingerprint density at radius 1 is 0.926 bits per heavy atom. The highest BCUT2D eigenvalue weighted by molar-refractivity contribution is 6.02. The monoisotopic (exact) mass is 359 g/mol. The molecule has 0 unspecified atom stereocenters. The fourth-order valence-electron chi connectivity index (χ4n) is 3.04. The average Bonchev–Trinajstić information content (AvgIpc) is 3.44. The van der Waals surface area contributed by atoms with E-state index in [0.717, 1.165) is 5.69 Å². The number of esters is 1. The number of para-hydroxylation sites is 2. The smallest absolute Gasteiger partial charge is 0.340 e. The first-order valence-electron chi connectivity index (χ1n) is 8.26. The summed E-state index contributed by atoms with van der Waals surface area (Å²) in [5.41, 5.74) is 4.01. The van der Waals surface area contributed by atoms with E-state index < -0.39 is 5.97 Å². The lowest BCUT2D eigenvalue weighted by Gasteiger charge is -1.97. The van der Waals surface area contributed by atoms with E-state index in [9.17, 15) is 4.79 Å². The van der Waals surface area contributed by atoms with Crippen LogP contribution in [0.4, 0.5) is 0 Å². The van der Waals surface area contributed by atoms with E-state index in [2.05, 4.69) is 15.0 Å². The maximum atomic E-state index is 12.0. The molecule has 0 saturated heterocycles. The van der Waals surface area contributed by atoms with E-state index in [4.69, 9.17) is 13.6 Å². The molecule has 3 aromatic heterocycles. The van der Waals surface area contributed by atoms with Gasteiger partial charge in [0.15, 0.2) is 11.2 Å². The van der Waals surface area contributed by atoms with Gasteiger partial charge in [0, 0.05) is 6.20 Å². The van der Waals surface area contributed by atoms with Crippen LogP contribution in [0.25, 0.3) is 45.2 Å². The zero-order chi connectivity index (χ0) is 18.4. The Kier molecular flexibility index (Phi) is 3.33. The minimum atomic E-state index is -0.464. The second-order valence-corrected chi connectivity index (χ2v) is 5.92. The van der Waals surface area contributed by atoms with Gasteiger partial charge in [0.05, 0.1) is 18.2 Å². The number of aromatic amines is 1. The van der Waals surface area contributed by atoms with Crippen LogP contribution in [-0.4, -0.2) is 28.0 Å². The van der Waals surface area contributed by atoms with Gasteiger partial charge in [0.1, 0.15) is 16.7 Å². The SMILES string of the molecule is COC(=O)c1cccc2oc(-c3cccc4oc(-c5ccc[nH]5)nc34)nc12. The van der Waals surface area contributed by atoms with Crippen LogP contribution in [0.1, 0.15) is 10.4 Å². The van der Waals surface area contributed by atoms with E-state index in [1.807, 2.05) is 30.3 Å². The highest BCUT2D eigenvalue weighted by Crippen LogP contribution is 2.33. The third-order valence-electron chi connectivity index (χ3n) is 4.30. The van der Waals surface area contributed by atoms with E-state index >= 15 is 0 Å². The lowest BCUT2D eigenvalue weighted by atomic mass is 10.2. The molecule has 7 nitrogen and oxygen atoms in total. The third kappa shape index (κ3) is 2.40. The topological polar surface area (TPSA) is 94.2 Å². The van der Waals surface area contributed by atoms with Crippen LogP contribution in [0.2, 0.25) is 0 Å². The van der Waals surface area contributed by atoms with Gasteiger partial charge in [0.25, 0.3) is 0 Å². The summed E-state index contributed by atoms with van der Waals surface area (Å²) in [6.45, 7) is 0. The zero-order valence-corrected chi connectivity index (χ0v) is 14.2. The molecule has 0 aliphatic carbocycles. The second kappa shape index (κ2) is 5.84. The summed E-state index contributed by atoms with van der Waals surface area (Å²) >= 11 is 0. The molecular formula is C20H13N3O4. The summed E-state index contributed by atoms with van der Waals surface area (Å²) in [5, 5.41) is 0. The molecule has 1 N–H and O–H groups in total. The van der Waals surface area contributed by atoms with E-state index in [1.54, 1.807) is 24.4 Å². The number of carbonyl (C=O) groups excluding carboxylic acids is 1. The van der Waals surface area contributed by atoms with Crippen LogP contribution in [-0.2, 0) is 4.74 Å². The van der Waals surface area contributed by atoms with E-state index in [1.165, 1.54) is 7.11 Å². The Morgan fingerprint density at radius 2 is 1.67 bits per heavy atom. The number of nitrogens with one attached hydrogen (secondary N) is 1. The highest BCUT2D eigenvalue weighted by atomic mass is 16.5. The minimum absolute atomic E-state index is 0.351. The average molecular weight is 359 g/mol. The van der Waals surface area contributed by atoms with Crippen molar-refractivity contribution in [1.82, 2.24) is 15.0 Å². The van der Waals surface area contributed by atoms with Crippen molar-refractivity contribution in [3.05, 3.63) is 60.3 Å². The van der Waals surface area contributed by atoms with Crippen LogP contribution in [0, 0.1) is 0 Å². The molecular weight excluding hydrogens is 346 g/mol. The lowest BCUT2D eigenvalue weighted by molar-refractivity contribution is 0.0602. The standard InChI is InChI=1S/C20H13N3O4/c1-25-20(24)12-6-3-9-15-17(12)22-18(26-15)11-5-2-8-14-16(11)23-19(27-14)13-7-4-10-21-13/h2-10,21H,1H3. The molecule has 5 rings (SSSR count). The normalized spacial score (nSPS) is 11.3. The van der Waals surface area contributed by atoms with Crippen LogP contribution >= 0.6 is 0 Å². The number of H-pyrrole nitrogens is 1. The van der Waals surface area contributed by atoms with Crippen LogP contribution in [0.15, 0.2) is 63.6 Å². The number of ether oxygens (including phenoxy) is 1. The molecule has 2 aromatic carbocycles. The Balaban J connectivity index is 1.70. The van der Waals surface area contributed by atoms with Crippen LogP contribution in [0.5, 0.6) is 0 Å². The summed E-state index contributed by atoms with van der Waals surface area (Å²) in [6, 6.07) is 14.4. The van der Waals surface area contributed by atoms with E-state index in [0.29, 0.717) is 45.1 Å². The van der Waals surface area contributed by atoms with Crippen molar-refractivity contribution in [2.45, 2.75) is 0 Å². The Hall–Kier alpha value is -3.87. The van der Waals surface area contributed by atoms with Crippen molar-refractivity contribution in [3.8, 4) is 23.0 Å². The molecule has 3 heterocycles. The fourth-order valence-corrected chi connectivity index (χ4v) is 3.04. The molecule has 0 saturated carbocycles. The van der Waals surface area contributed by atoms with Crippen molar-refractivity contribution in [1.29, 1.82) is 0 Å². The highest BCUT2D eigenvalue weighted by Gasteiger charge is 2.20. The number of fused-ring (bicyclic) bond motifs is 2. The number of carbonyl (C=O) groups is 1. The molecule has 27 heavy (non-hydrogen) atoms. The first-order chi connectivity index (χ1) is 13.2. The van der Waals surface area contributed by atoms with Crippen molar-refractivity contribution >= 4 is 28.2 Å². The number of hydrogen-bond acceptors (Lipinski definition) is 6. The lowest BCUT2D eigenvalue weighted by Crippen LogP contribution is -2.01. The Bertz CT molecular complexity index is 1280. The summed E-state index contributed by atoms with van der Waals surface area (Å²) < 4.78 is 16.6. The van der Waals surface area contributed by atoms with Gasteiger partial charge in [-0.3, -0.25) is 0 Å². The maximum absolute atomic E-state index is 12.0. The number of methoxy groups -OCH3 is 1. The quantitative estimate of drug-likeness (QED) is 0.479. The van der Waals surface area contributed by atoms with Crippen molar-refractivity contribution in [2.75, 3.05) is 7.11 Å². The molecule has 0 spiro atoms. The summed E-state index contributed by atoms with van der Waals surface area (Å²) in [5.74, 6) is 0.376. The molecule has 132 valence electrons. The van der Waals surface area contributed by atoms with Gasteiger partial charge in [-0.2, -0.15) is 0 Å². The molecule has 7 heteroatoms.